The van der Waals surface area contributed by atoms with Crippen LogP contribution in [0.15, 0.2) is 54.9 Å². The third-order valence-electron chi connectivity index (χ3n) is 6.46. The largest absolute Gasteiger partial charge is 0.491 e. The van der Waals surface area contributed by atoms with Gasteiger partial charge < -0.3 is 20.3 Å². The summed E-state index contributed by atoms with van der Waals surface area (Å²) >= 11 is 7.59. The van der Waals surface area contributed by atoms with Crippen molar-refractivity contribution in [2.24, 2.45) is 5.73 Å². The summed E-state index contributed by atoms with van der Waals surface area (Å²) in [5.74, 6) is 0.559. The molecule has 4 heterocycles. The number of pyridine rings is 1. The van der Waals surface area contributed by atoms with Gasteiger partial charge in [-0.1, -0.05) is 29.8 Å². The van der Waals surface area contributed by atoms with Crippen molar-refractivity contribution in [1.29, 1.82) is 0 Å². The van der Waals surface area contributed by atoms with Gasteiger partial charge in [-0.2, -0.15) is 0 Å². The highest BCUT2D eigenvalue weighted by atomic mass is 35.5. The van der Waals surface area contributed by atoms with E-state index in [1.165, 1.54) is 11.3 Å². The zero-order valence-electron chi connectivity index (χ0n) is 20.5. The number of likely N-dealkylation sites (tertiary alicyclic amines) is 1. The molecule has 1 unspecified atom stereocenters. The highest BCUT2D eigenvalue weighted by Gasteiger charge is 2.22. The predicted molar refractivity (Wildman–Crippen MR) is 145 cm³/mol. The molecule has 4 aromatic rings. The summed E-state index contributed by atoms with van der Waals surface area (Å²) in [6.07, 6.45) is 4.88. The lowest BCUT2D eigenvalue weighted by Crippen LogP contribution is -2.40. The van der Waals surface area contributed by atoms with Crippen molar-refractivity contribution < 1.29 is 19.4 Å². The maximum absolute atomic E-state index is 12.2. The number of halogens is 1. The van der Waals surface area contributed by atoms with E-state index in [0.717, 1.165) is 47.7 Å². The minimum atomic E-state index is -0.557. The highest BCUT2D eigenvalue weighted by Crippen LogP contribution is 2.39. The maximum atomic E-state index is 12.2. The summed E-state index contributed by atoms with van der Waals surface area (Å²) in [7, 11) is 0. The average Bonchev–Trinajstić information content (AvgIpc) is 3.48. The van der Waals surface area contributed by atoms with Crippen LogP contribution < -0.4 is 15.2 Å². The second-order valence-corrected chi connectivity index (χ2v) is 10.6. The number of β-amino-alcohol motifs (C(OH)–C–C–N with tert-alkyl or cyclic N) is 1. The number of primary amides is 1. The molecule has 0 radical (unpaired) electrons. The molecule has 0 saturated carbocycles. The van der Waals surface area contributed by atoms with E-state index in [4.69, 9.17) is 26.8 Å². The standard InChI is InChI=1S/C27H29ClN4O4S/c1-17(20-6-2-3-7-21(20)28)36-23-13-24(37-26(23)27(29)34)22-14-30-25-9-8-19(16-32(22)25)35-12-11-31-10-4-5-18(33)15-31/h2-3,6-9,13-14,16-18,33H,4-5,10-12,15H2,1H3,(H2,29,34)/t17?,18-/m1/s1. The van der Waals surface area contributed by atoms with Gasteiger partial charge in [-0.05, 0) is 44.5 Å². The van der Waals surface area contributed by atoms with Gasteiger partial charge in [0.15, 0.2) is 0 Å². The minimum Gasteiger partial charge on any atom is -0.491 e. The molecule has 1 aliphatic rings. The van der Waals surface area contributed by atoms with E-state index in [2.05, 4.69) is 9.88 Å². The maximum Gasteiger partial charge on any atom is 0.262 e. The topological polar surface area (TPSA) is 102 Å². The summed E-state index contributed by atoms with van der Waals surface area (Å²) in [6, 6.07) is 13.0. The summed E-state index contributed by atoms with van der Waals surface area (Å²) in [6.45, 7) is 4.82. The molecule has 5 rings (SSSR count). The quantitative estimate of drug-likeness (QED) is 0.316. The van der Waals surface area contributed by atoms with Crippen LogP contribution in [0.25, 0.3) is 16.2 Å². The van der Waals surface area contributed by atoms with Gasteiger partial charge in [0, 0.05) is 29.7 Å². The van der Waals surface area contributed by atoms with Crippen LogP contribution in [-0.4, -0.2) is 57.6 Å². The van der Waals surface area contributed by atoms with Gasteiger partial charge in [-0.3, -0.25) is 14.1 Å². The Morgan fingerprint density at radius 3 is 2.95 bits per heavy atom. The molecule has 194 valence electrons. The molecule has 3 N–H and O–H groups in total. The number of piperidine rings is 1. The number of nitrogens with zero attached hydrogens (tertiary/aromatic N) is 3. The summed E-state index contributed by atoms with van der Waals surface area (Å²) < 4.78 is 14.1. The molecule has 8 nitrogen and oxygen atoms in total. The van der Waals surface area contributed by atoms with Crippen molar-refractivity contribution in [3.63, 3.8) is 0 Å². The number of nitrogens with two attached hydrogens (primary N) is 1. The first kappa shape index (κ1) is 25.5. The van der Waals surface area contributed by atoms with Crippen LogP contribution >= 0.6 is 22.9 Å². The van der Waals surface area contributed by atoms with Crippen LogP contribution in [0.4, 0.5) is 0 Å². The molecule has 1 aromatic carbocycles. The number of amides is 1. The van der Waals surface area contributed by atoms with Gasteiger partial charge in [0.05, 0.1) is 29.1 Å². The first-order chi connectivity index (χ1) is 17.9. The first-order valence-electron chi connectivity index (χ1n) is 12.2. The van der Waals surface area contributed by atoms with Crippen molar-refractivity contribution in [3.8, 4) is 22.1 Å². The Hall–Kier alpha value is -3.11. The number of carbonyl (C=O) groups is 1. The molecular formula is C27H29ClN4O4S. The van der Waals surface area contributed by atoms with Gasteiger partial charge in [0.2, 0.25) is 0 Å². The normalized spacial score (nSPS) is 17.1. The summed E-state index contributed by atoms with van der Waals surface area (Å²) in [5.41, 5.74) is 8.06. The number of aromatic nitrogens is 2. The zero-order valence-corrected chi connectivity index (χ0v) is 22.0. The van der Waals surface area contributed by atoms with E-state index in [1.54, 1.807) is 12.3 Å². The number of hydrogen-bond donors (Lipinski definition) is 2. The Morgan fingerprint density at radius 2 is 2.16 bits per heavy atom. The Bertz CT molecular complexity index is 1400. The van der Waals surface area contributed by atoms with Gasteiger partial charge >= 0.3 is 0 Å². The second-order valence-electron chi connectivity index (χ2n) is 9.13. The number of hydrogen-bond acceptors (Lipinski definition) is 7. The Kier molecular flexibility index (Phi) is 7.66. The van der Waals surface area contributed by atoms with Crippen LogP contribution in [0.2, 0.25) is 5.02 Å². The fraction of sp³-hybridized carbons (Fsp3) is 0.333. The molecule has 10 heteroatoms. The SMILES string of the molecule is CC(Oc1cc(-c2cnc3ccc(OCCN4CCC[C@@H](O)C4)cn23)sc1C(N)=O)c1ccccc1Cl. The highest BCUT2D eigenvalue weighted by molar-refractivity contribution is 7.17. The third kappa shape index (κ3) is 5.75. The van der Waals surface area contributed by atoms with Crippen molar-refractivity contribution in [1.82, 2.24) is 14.3 Å². The smallest absolute Gasteiger partial charge is 0.262 e. The van der Waals surface area contributed by atoms with Crippen molar-refractivity contribution >= 4 is 34.5 Å². The Balaban J connectivity index is 1.36. The van der Waals surface area contributed by atoms with Crippen molar-refractivity contribution in [3.05, 3.63) is 70.3 Å². The van der Waals surface area contributed by atoms with Gasteiger partial charge in [0.1, 0.15) is 34.7 Å². The lowest BCUT2D eigenvalue weighted by Gasteiger charge is -2.29. The van der Waals surface area contributed by atoms with E-state index in [-0.39, 0.29) is 12.2 Å². The van der Waals surface area contributed by atoms with Crippen LogP contribution in [-0.2, 0) is 0 Å². The van der Waals surface area contributed by atoms with E-state index in [0.29, 0.717) is 34.6 Å². The number of ether oxygens (including phenoxy) is 2. The van der Waals surface area contributed by atoms with Crippen molar-refractivity contribution in [2.75, 3.05) is 26.2 Å². The number of aliphatic hydroxyl groups excluding tert-OH is 1. The van der Waals surface area contributed by atoms with E-state index in [9.17, 15) is 9.90 Å². The number of carbonyl (C=O) groups excluding carboxylic acids is 1. The van der Waals surface area contributed by atoms with Gasteiger partial charge in [0.25, 0.3) is 5.91 Å². The lowest BCUT2D eigenvalue weighted by atomic mass is 10.1. The van der Waals surface area contributed by atoms with Crippen LogP contribution in [0.1, 0.15) is 41.1 Å². The molecule has 0 bridgehead atoms. The first-order valence-corrected chi connectivity index (χ1v) is 13.4. The second kappa shape index (κ2) is 11.1. The number of thiophene rings is 1. The number of aliphatic hydroxyl groups is 1. The summed E-state index contributed by atoms with van der Waals surface area (Å²) in [4.78, 5) is 20.1. The average molecular weight is 541 g/mol. The molecule has 1 amide bonds. The number of imidazole rings is 1. The predicted octanol–water partition coefficient (Wildman–Crippen LogP) is 4.79. The fourth-order valence-electron chi connectivity index (χ4n) is 4.57. The summed E-state index contributed by atoms with van der Waals surface area (Å²) in [5, 5.41) is 10.5. The molecule has 37 heavy (non-hydrogen) atoms. The minimum absolute atomic E-state index is 0.253. The molecule has 3 aromatic heterocycles. The number of rotatable bonds is 9. The van der Waals surface area contributed by atoms with E-state index < -0.39 is 5.91 Å². The van der Waals surface area contributed by atoms with Gasteiger partial charge in [-0.25, -0.2) is 4.98 Å². The molecule has 1 aliphatic heterocycles. The molecule has 2 atom stereocenters. The number of benzene rings is 1. The molecule has 0 aliphatic carbocycles. The lowest BCUT2D eigenvalue weighted by molar-refractivity contribution is 0.0632. The molecular weight excluding hydrogens is 512 g/mol. The molecule has 0 spiro atoms. The van der Waals surface area contributed by atoms with E-state index >= 15 is 0 Å². The van der Waals surface area contributed by atoms with Crippen LogP contribution in [0, 0.1) is 0 Å². The third-order valence-corrected chi connectivity index (χ3v) is 7.95. The van der Waals surface area contributed by atoms with Crippen LogP contribution in [0.3, 0.4) is 0 Å². The monoisotopic (exact) mass is 540 g/mol. The van der Waals surface area contributed by atoms with E-state index in [1.807, 2.05) is 53.9 Å². The number of fused-ring (bicyclic) bond motifs is 1. The fourth-order valence-corrected chi connectivity index (χ4v) is 5.81. The molecule has 1 fully saturated rings. The zero-order chi connectivity index (χ0) is 25.9. The Labute approximate surface area is 224 Å². The van der Waals surface area contributed by atoms with Crippen molar-refractivity contribution in [2.45, 2.75) is 32.0 Å². The Morgan fingerprint density at radius 1 is 1.32 bits per heavy atom. The van der Waals surface area contributed by atoms with Gasteiger partial charge in [-0.15, -0.1) is 11.3 Å². The molecule has 1 saturated heterocycles. The van der Waals surface area contributed by atoms with Crippen LogP contribution in [0.5, 0.6) is 11.5 Å².